The van der Waals surface area contributed by atoms with Gasteiger partial charge in [0.15, 0.2) is 0 Å². The Bertz CT molecular complexity index is 497. The third-order valence-electron chi connectivity index (χ3n) is 2.01. The zero-order chi connectivity index (χ0) is 11.5. The molecule has 2 aromatic rings. The Balaban J connectivity index is 0.00000144. The highest BCUT2D eigenvalue weighted by Crippen LogP contribution is 2.27. The van der Waals surface area contributed by atoms with Gasteiger partial charge >= 0.3 is 0 Å². The molecule has 0 bridgehead atoms. The summed E-state index contributed by atoms with van der Waals surface area (Å²) in [4.78, 5) is 9.44. The van der Waals surface area contributed by atoms with Gasteiger partial charge in [-0.05, 0) is 28.1 Å². The number of hydrogen-bond donors (Lipinski definition) is 2. The SMILES string of the molecule is Cl.Cl.NC(CO)c1ncc(-c2cccc(Br)n2)s1. The van der Waals surface area contributed by atoms with Gasteiger partial charge in [-0.15, -0.1) is 36.2 Å². The standard InChI is InChI=1S/C10H10BrN3OS.2ClH/c11-9-3-1-2-7(14-9)8-4-13-10(16-8)6(12)5-15;;/h1-4,6,15H,5,12H2;2*1H. The topological polar surface area (TPSA) is 72.0 Å². The number of nitrogens with zero attached hydrogens (tertiary/aromatic N) is 2. The molecule has 0 saturated carbocycles. The van der Waals surface area contributed by atoms with Gasteiger partial charge in [0.1, 0.15) is 9.61 Å². The maximum Gasteiger partial charge on any atom is 0.112 e. The fourth-order valence-corrected chi connectivity index (χ4v) is 2.42. The Morgan fingerprint density at radius 2 is 2.11 bits per heavy atom. The van der Waals surface area contributed by atoms with Crippen molar-refractivity contribution in [3.8, 4) is 10.6 Å². The first-order valence-electron chi connectivity index (χ1n) is 4.66. The molecule has 3 N–H and O–H groups in total. The minimum Gasteiger partial charge on any atom is -0.394 e. The number of aromatic nitrogens is 2. The first-order valence-corrected chi connectivity index (χ1v) is 6.26. The van der Waals surface area contributed by atoms with Crippen LogP contribution in [0.2, 0.25) is 0 Å². The molecule has 0 fully saturated rings. The van der Waals surface area contributed by atoms with Crippen molar-refractivity contribution in [1.29, 1.82) is 0 Å². The first-order chi connectivity index (χ1) is 7.70. The molecule has 0 saturated heterocycles. The van der Waals surface area contributed by atoms with Crippen molar-refractivity contribution in [3.05, 3.63) is 34.0 Å². The van der Waals surface area contributed by atoms with E-state index in [2.05, 4.69) is 25.9 Å². The zero-order valence-electron chi connectivity index (χ0n) is 9.12. The van der Waals surface area contributed by atoms with Crippen LogP contribution in [-0.4, -0.2) is 21.7 Å². The smallest absolute Gasteiger partial charge is 0.112 e. The Labute approximate surface area is 130 Å². The summed E-state index contributed by atoms with van der Waals surface area (Å²) in [5, 5.41) is 9.65. The summed E-state index contributed by atoms with van der Waals surface area (Å²) >= 11 is 4.77. The lowest BCUT2D eigenvalue weighted by atomic mass is 10.3. The summed E-state index contributed by atoms with van der Waals surface area (Å²) in [7, 11) is 0. The van der Waals surface area contributed by atoms with Crippen molar-refractivity contribution in [2.75, 3.05) is 6.61 Å². The number of pyridine rings is 1. The molecule has 8 heteroatoms. The lowest BCUT2D eigenvalue weighted by Gasteiger charge is -2.01. The van der Waals surface area contributed by atoms with E-state index in [0.29, 0.717) is 0 Å². The normalized spacial score (nSPS) is 11.3. The maximum atomic E-state index is 8.93. The minimum absolute atomic E-state index is 0. The molecule has 0 aliphatic rings. The molecule has 0 aromatic carbocycles. The first kappa shape index (κ1) is 17.8. The maximum absolute atomic E-state index is 8.93. The molecule has 0 aliphatic carbocycles. The minimum atomic E-state index is -0.411. The van der Waals surface area contributed by atoms with E-state index in [1.807, 2.05) is 18.2 Å². The number of hydrogen-bond acceptors (Lipinski definition) is 5. The number of nitrogens with two attached hydrogens (primary N) is 1. The van der Waals surface area contributed by atoms with E-state index < -0.39 is 6.04 Å². The summed E-state index contributed by atoms with van der Waals surface area (Å²) in [6.07, 6.45) is 1.73. The Morgan fingerprint density at radius 3 is 2.72 bits per heavy atom. The molecule has 1 unspecified atom stereocenters. The molecule has 4 nitrogen and oxygen atoms in total. The summed E-state index contributed by atoms with van der Waals surface area (Å²) in [5.74, 6) is 0. The van der Waals surface area contributed by atoms with Gasteiger partial charge in [-0.25, -0.2) is 9.97 Å². The number of thiazole rings is 1. The van der Waals surface area contributed by atoms with Crippen LogP contribution < -0.4 is 5.73 Å². The average Bonchev–Trinajstić information content (AvgIpc) is 2.77. The molecular formula is C10H12BrCl2N3OS. The number of rotatable bonds is 3. The molecule has 0 spiro atoms. The number of aliphatic hydroxyl groups excluding tert-OH is 1. The van der Waals surface area contributed by atoms with E-state index in [1.165, 1.54) is 11.3 Å². The Morgan fingerprint density at radius 1 is 1.39 bits per heavy atom. The molecule has 2 aromatic heterocycles. The largest absolute Gasteiger partial charge is 0.394 e. The molecule has 0 radical (unpaired) electrons. The third kappa shape index (κ3) is 4.15. The van der Waals surface area contributed by atoms with E-state index in [0.717, 1.165) is 20.2 Å². The quantitative estimate of drug-likeness (QED) is 0.812. The van der Waals surface area contributed by atoms with E-state index >= 15 is 0 Å². The highest BCUT2D eigenvalue weighted by molar-refractivity contribution is 9.10. The summed E-state index contributed by atoms with van der Waals surface area (Å²) in [6, 6.07) is 5.28. The van der Waals surface area contributed by atoms with Crippen LogP contribution in [0.5, 0.6) is 0 Å². The third-order valence-corrected chi connectivity index (χ3v) is 3.60. The van der Waals surface area contributed by atoms with Gasteiger partial charge in [0, 0.05) is 6.20 Å². The molecule has 2 heterocycles. The van der Waals surface area contributed by atoms with Crippen molar-refractivity contribution in [3.63, 3.8) is 0 Å². The van der Waals surface area contributed by atoms with Gasteiger partial charge in [0.25, 0.3) is 0 Å². The van der Waals surface area contributed by atoms with Crippen LogP contribution in [0.1, 0.15) is 11.0 Å². The van der Waals surface area contributed by atoms with E-state index in [9.17, 15) is 0 Å². The molecule has 1 atom stereocenters. The molecule has 18 heavy (non-hydrogen) atoms. The summed E-state index contributed by atoms with van der Waals surface area (Å²) in [5.41, 5.74) is 6.53. The van der Waals surface area contributed by atoms with Gasteiger partial charge in [-0.2, -0.15) is 0 Å². The molecule has 0 amide bonds. The summed E-state index contributed by atoms with van der Waals surface area (Å²) < 4.78 is 0.784. The second-order valence-electron chi connectivity index (χ2n) is 3.20. The van der Waals surface area contributed by atoms with Crippen molar-refractivity contribution >= 4 is 52.1 Å². The van der Waals surface area contributed by atoms with Crippen LogP contribution >= 0.6 is 52.1 Å². The molecule has 100 valence electrons. The van der Waals surface area contributed by atoms with Gasteiger partial charge in [-0.3, -0.25) is 0 Å². The van der Waals surface area contributed by atoms with Gasteiger partial charge in [-0.1, -0.05) is 6.07 Å². The predicted octanol–water partition coefficient (Wildman–Crippen LogP) is 2.80. The van der Waals surface area contributed by atoms with Crippen LogP contribution in [0.4, 0.5) is 0 Å². The van der Waals surface area contributed by atoms with Gasteiger partial charge < -0.3 is 10.8 Å². The number of aliphatic hydroxyl groups is 1. The lowest BCUT2D eigenvalue weighted by molar-refractivity contribution is 0.267. The molecule has 2 rings (SSSR count). The van der Waals surface area contributed by atoms with Crippen molar-refractivity contribution < 1.29 is 5.11 Å². The zero-order valence-corrected chi connectivity index (χ0v) is 13.2. The van der Waals surface area contributed by atoms with Crippen LogP contribution in [-0.2, 0) is 0 Å². The van der Waals surface area contributed by atoms with E-state index in [4.69, 9.17) is 10.8 Å². The number of halogens is 3. The van der Waals surface area contributed by atoms with Crippen LogP contribution in [0.3, 0.4) is 0 Å². The van der Waals surface area contributed by atoms with Crippen LogP contribution in [0.25, 0.3) is 10.6 Å². The van der Waals surface area contributed by atoms with Crippen LogP contribution in [0, 0.1) is 0 Å². The highest BCUT2D eigenvalue weighted by Gasteiger charge is 2.11. The summed E-state index contributed by atoms with van der Waals surface area (Å²) in [6.45, 7) is -0.0983. The van der Waals surface area contributed by atoms with Crippen LogP contribution in [0.15, 0.2) is 29.0 Å². The Kier molecular flexibility index (Phi) is 7.93. The highest BCUT2D eigenvalue weighted by atomic mass is 79.9. The lowest BCUT2D eigenvalue weighted by Crippen LogP contribution is -2.13. The van der Waals surface area contributed by atoms with E-state index in [-0.39, 0.29) is 31.4 Å². The second kappa shape index (κ2) is 8.04. The van der Waals surface area contributed by atoms with Gasteiger partial charge in [0.2, 0.25) is 0 Å². The van der Waals surface area contributed by atoms with Crippen molar-refractivity contribution in [1.82, 2.24) is 9.97 Å². The fraction of sp³-hybridized carbons (Fsp3) is 0.200. The second-order valence-corrected chi connectivity index (χ2v) is 5.07. The predicted molar refractivity (Wildman–Crippen MR) is 81.6 cm³/mol. The van der Waals surface area contributed by atoms with Gasteiger partial charge in [0.05, 0.1) is 23.2 Å². The molecule has 0 aliphatic heterocycles. The Hall–Kier alpha value is -0.240. The molecular weight excluding hydrogens is 361 g/mol. The van der Waals surface area contributed by atoms with E-state index in [1.54, 1.807) is 6.20 Å². The fourth-order valence-electron chi connectivity index (χ4n) is 1.20. The van der Waals surface area contributed by atoms with Crippen molar-refractivity contribution in [2.24, 2.45) is 5.73 Å². The van der Waals surface area contributed by atoms with Crippen molar-refractivity contribution in [2.45, 2.75) is 6.04 Å². The monoisotopic (exact) mass is 371 g/mol. The average molecular weight is 373 g/mol.